The van der Waals surface area contributed by atoms with Crippen LogP contribution in [0, 0.1) is 18.8 Å². The molecule has 0 bridgehead atoms. The van der Waals surface area contributed by atoms with E-state index in [1.807, 2.05) is 74.1 Å². The van der Waals surface area contributed by atoms with Gasteiger partial charge in [-0.1, -0.05) is 0 Å². The van der Waals surface area contributed by atoms with Gasteiger partial charge in [0, 0.05) is 0 Å². The molecule has 0 aromatic heterocycles. The van der Waals surface area contributed by atoms with Gasteiger partial charge >= 0.3 is 209 Å². The molecule has 1 spiro atoms. The van der Waals surface area contributed by atoms with Gasteiger partial charge in [-0.15, -0.1) is 0 Å². The molecule has 3 aliphatic rings. The van der Waals surface area contributed by atoms with Gasteiger partial charge in [-0.25, -0.2) is 0 Å². The summed E-state index contributed by atoms with van der Waals surface area (Å²) >= 11 is 1.40. The Balaban J connectivity index is 1.64. The number of hydrogen-bond acceptors (Lipinski definition) is 5. The first kappa shape index (κ1) is 22.9. The van der Waals surface area contributed by atoms with Crippen molar-refractivity contribution < 1.29 is 35.6 Å². The molecule has 5 rings (SSSR count). The fraction of sp³-hybridized carbons (Fsp3) is 0.400. The molecule has 2 aromatic carbocycles. The molecule has 0 aliphatic carbocycles. The fourth-order valence-corrected chi connectivity index (χ4v) is 11.0. The average molecular weight is 576 g/mol. The Morgan fingerprint density at radius 1 is 1.03 bits per heavy atom. The summed E-state index contributed by atoms with van der Waals surface area (Å²) in [4.78, 5) is 44.8. The van der Waals surface area contributed by atoms with Gasteiger partial charge in [0.25, 0.3) is 0 Å². The van der Waals surface area contributed by atoms with Crippen molar-refractivity contribution in [2.75, 3.05) is 25.9 Å². The van der Waals surface area contributed by atoms with Crippen molar-refractivity contribution in [1.82, 2.24) is 5.32 Å². The van der Waals surface area contributed by atoms with Crippen LogP contribution in [0.25, 0.3) is 0 Å². The minimum absolute atomic E-state index is 0.109. The van der Waals surface area contributed by atoms with Crippen LogP contribution in [0.4, 0.5) is 11.4 Å². The van der Waals surface area contributed by atoms with E-state index in [1.165, 1.54) is 4.90 Å². The summed E-state index contributed by atoms with van der Waals surface area (Å²) < 4.78 is 0.847. The molecule has 8 heteroatoms. The van der Waals surface area contributed by atoms with Crippen LogP contribution in [0.2, 0.25) is 0 Å². The molecule has 0 unspecified atom stereocenters. The third kappa shape index (κ3) is 3.28. The number of rotatable bonds is 6. The van der Waals surface area contributed by atoms with Crippen LogP contribution in [-0.4, -0.2) is 37.8 Å². The third-order valence-corrected chi connectivity index (χ3v) is 11.9. The Morgan fingerprint density at radius 3 is 2.45 bits per heavy atom. The van der Waals surface area contributed by atoms with E-state index < -0.39 is 38.6 Å². The van der Waals surface area contributed by atoms with E-state index in [4.69, 9.17) is 0 Å². The number of aryl methyl sites for hydroxylation is 1. The molecule has 4 atom stereocenters. The second-order valence-electron chi connectivity index (χ2n) is 8.53. The van der Waals surface area contributed by atoms with Crippen LogP contribution in [0.5, 0.6) is 0 Å². The molecule has 0 saturated carbocycles. The maximum absolute atomic E-state index is 14.0. The van der Waals surface area contributed by atoms with Gasteiger partial charge in [-0.05, 0) is 0 Å². The molecule has 2 fully saturated rings. The number of carbonyl (C=O) groups is 3. The van der Waals surface area contributed by atoms with Crippen LogP contribution in [-0.2, 0) is 19.9 Å². The number of hydrogen-bond donors (Lipinski definition) is 1. The van der Waals surface area contributed by atoms with Gasteiger partial charge in [0.05, 0.1) is 0 Å². The summed E-state index contributed by atoms with van der Waals surface area (Å²) in [7, 11) is 0. The molecular formula is C25H27IN3O3S-. The molecule has 1 N–H and O–H groups in total. The van der Waals surface area contributed by atoms with Crippen molar-refractivity contribution in [2.45, 2.75) is 30.4 Å². The number of para-hydroxylation sites is 1. The topological polar surface area (TPSA) is 69.7 Å². The summed E-state index contributed by atoms with van der Waals surface area (Å²) in [5.41, 5.74) is 2.15. The minimum atomic E-state index is -1.18. The van der Waals surface area contributed by atoms with Crippen molar-refractivity contribution in [3.63, 3.8) is 0 Å². The van der Waals surface area contributed by atoms with E-state index >= 15 is 0 Å². The number of thioether (sulfide) groups is 1. The number of halogens is 1. The number of carbonyl (C=O) groups excluding carboxylic acids is 3. The van der Waals surface area contributed by atoms with Crippen LogP contribution in [0.15, 0.2) is 48.5 Å². The first-order chi connectivity index (χ1) is 16.0. The van der Waals surface area contributed by atoms with E-state index in [0.717, 1.165) is 26.3 Å². The number of alkyl halides is 2. The number of imide groups is 1. The summed E-state index contributed by atoms with van der Waals surface area (Å²) in [5, 5.41) is 3.62. The Labute approximate surface area is 208 Å². The van der Waals surface area contributed by atoms with Crippen molar-refractivity contribution in [3.05, 3.63) is 59.7 Å². The average Bonchev–Trinajstić information content (AvgIpc) is 3.38. The second kappa shape index (κ2) is 8.70. The van der Waals surface area contributed by atoms with Gasteiger partial charge in [0.15, 0.2) is 0 Å². The molecule has 3 aliphatic heterocycles. The first-order valence-corrected chi connectivity index (χ1v) is 15.2. The van der Waals surface area contributed by atoms with Crippen LogP contribution in [0.3, 0.4) is 0 Å². The van der Waals surface area contributed by atoms with Gasteiger partial charge in [-0.3, -0.25) is 0 Å². The Kier molecular flexibility index (Phi) is 6.03. The SMILES string of the molecule is CCSC[I-][C@@H]1N[C@@]2(C(=O)N(CC)c3ccccc32)[C@@H]2C(=O)N(c3ccc(C)cc3)C(=O)[C@@H]21. The van der Waals surface area contributed by atoms with E-state index in [1.54, 1.807) is 4.90 Å². The summed E-state index contributed by atoms with van der Waals surface area (Å²) in [6.07, 6.45) is 0. The van der Waals surface area contributed by atoms with E-state index in [0.29, 0.717) is 12.2 Å². The molecule has 0 radical (unpaired) electrons. The number of fused-ring (bicyclic) bond motifs is 4. The van der Waals surface area contributed by atoms with Crippen molar-refractivity contribution in [1.29, 1.82) is 0 Å². The monoisotopic (exact) mass is 576 g/mol. The maximum atomic E-state index is 14.0. The number of anilines is 2. The zero-order chi connectivity index (χ0) is 23.3. The van der Waals surface area contributed by atoms with Crippen LogP contribution in [0.1, 0.15) is 25.0 Å². The molecule has 2 aromatic rings. The van der Waals surface area contributed by atoms with Gasteiger partial charge in [0.2, 0.25) is 0 Å². The van der Waals surface area contributed by atoms with Gasteiger partial charge < -0.3 is 0 Å². The predicted molar refractivity (Wildman–Crippen MR) is 127 cm³/mol. The zero-order valence-corrected chi connectivity index (χ0v) is 21.9. The van der Waals surface area contributed by atoms with Crippen molar-refractivity contribution in [2.24, 2.45) is 11.8 Å². The Hall–Kier alpha value is -1.91. The Morgan fingerprint density at radius 2 is 1.76 bits per heavy atom. The number of likely N-dealkylation sites (N-methyl/N-ethyl adjacent to an activating group) is 1. The van der Waals surface area contributed by atoms with Gasteiger partial charge in [-0.2, -0.15) is 0 Å². The third-order valence-electron chi connectivity index (χ3n) is 6.82. The number of benzene rings is 2. The number of nitrogens with zero attached hydrogens (tertiary/aromatic N) is 2. The molecule has 3 amide bonds. The predicted octanol–water partition coefficient (Wildman–Crippen LogP) is 0.0915. The standard InChI is InChI=1S/C25H27IN3O3S/c1-4-28-18-9-7-6-8-17(18)25(24(28)32)20-19(21(27-25)26-14-33-5-2)22(30)29(23(20)31)16-12-10-15(3)11-13-16/h6-13,19-21,27H,4-5,14H2,1-3H3/q-1/t19-,20-,21+,25+/m0/s1. The first-order valence-electron chi connectivity index (χ1n) is 11.2. The summed E-state index contributed by atoms with van der Waals surface area (Å²) in [6.45, 7) is 6.57. The van der Waals surface area contributed by atoms with Crippen LogP contribution >= 0.6 is 11.8 Å². The molecule has 174 valence electrons. The van der Waals surface area contributed by atoms with Gasteiger partial charge in [0.1, 0.15) is 0 Å². The molecule has 2 saturated heterocycles. The quantitative estimate of drug-likeness (QED) is 0.174. The van der Waals surface area contributed by atoms with E-state index in [-0.39, 0.29) is 21.8 Å². The molecule has 3 heterocycles. The molecular weight excluding hydrogens is 549 g/mol. The van der Waals surface area contributed by atoms with Crippen molar-refractivity contribution >= 4 is 40.9 Å². The summed E-state index contributed by atoms with van der Waals surface area (Å²) in [6, 6.07) is 15.2. The number of amides is 3. The zero-order valence-electron chi connectivity index (χ0n) is 18.9. The Bertz CT molecular complexity index is 1120. The van der Waals surface area contributed by atoms with Crippen LogP contribution < -0.4 is 36.3 Å². The summed E-state index contributed by atoms with van der Waals surface area (Å²) in [5.74, 6) is -0.783. The second-order valence-corrected chi connectivity index (χ2v) is 13.8. The fourth-order valence-electron chi connectivity index (χ4n) is 5.35. The molecule has 6 nitrogen and oxygen atoms in total. The number of nitrogens with one attached hydrogen (secondary N) is 1. The van der Waals surface area contributed by atoms with Crippen molar-refractivity contribution in [3.8, 4) is 0 Å². The van der Waals surface area contributed by atoms with E-state index in [9.17, 15) is 14.4 Å². The van der Waals surface area contributed by atoms with E-state index in [2.05, 4.69) is 12.2 Å². The normalized spacial score (nSPS) is 28.3. The molecule has 33 heavy (non-hydrogen) atoms.